The monoisotopic (exact) mass is 238 g/mol. The molecule has 2 N–H and O–H groups in total. The maximum Gasteiger partial charge on any atom is 0.244 e. The first kappa shape index (κ1) is 11.9. The molecule has 17 heavy (non-hydrogen) atoms. The number of nitrogens with zero attached hydrogens (tertiary/aromatic N) is 3. The molecule has 0 unspecified atom stereocenters. The van der Waals surface area contributed by atoms with Crippen molar-refractivity contribution in [2.75, 3.05) is 25.9 Å². The lowest BCUT2D eigenvalue weighted by Gasteiger charge is -2.31. The summed E-state index contributed by atoms with van der Waals surface area (Å²) in [5.41, 5.74) is 6.12. The smallest absolute Gasteiger partial charge is 0.244 e. The molecule has 6 heteroatoms. The number of carbonyl (C=O) groups excluding carboxylic acids is 1. The highest BCUT2D eigenvalue weighted by atomic mass is 16.5. The molecule has 1 aliphatic rings. The van der Waals surface area contributed by atoms with E-state index in [4.69, 9.17) is 10.5 Å². The first-order valence-electron chi connectivity index (χ1n) is 5.77. The van der Waals surface area contributed by atoms with Crippen LogP contribution in [0.2, 0.25) is 0 Å². The summed E-state index contributed by atoms with van der Waals surface area (Å²) in [6.45, 7) is 1.77. The lowest BCUT2D eigenvalue weighted by molar-refractivity contribution is -0.134. The predicted octanol–water partition coefficient (Wildman–Crippen LogP) is 0.103. The van der Waals surface area contributed by atoms with E-state index in [0.29, 0.717) is 11.8 Å². The van der Waals surface area contributed by atoms with Crippen molar-refractivity contribution in [3.05, 3.63) is 12.4 Å². The number of amides is 1. The number of ether oxygens (including phenoxy) is 1. The minimum atomic E-state index is 0.0858. The van der Waals surface area contributed by atoms with Gasteiger partial charge in [-0.3, -0.25) is 9.48 Å². The van der Waals surface area contributed by atoms with Crippen LogP contribution in [0.25, 0.3) is 0 Å². The van der Waals surface area contributed by atoms with Crippen molar-refractivity contribution in [3.8, 4) is 0 Å². The molecule has 0 saturated carbocycles. The van der Waals surface area contributed by atoms with E-state index >= 15 is 0 Å². The molecule has 6 nitrogen and oxygen atoms in total. The van der Waals surface area contributed by atoms with E-state index < -0.39 is 0 Å². The number of aromatic nitrogens is 2. The summed E-state index contributed by atoms with van der Waals surface area (Å²) >= 11 is 0. The number of rotatable bonds is 3. The summed E-state index contributed by atoms with van der Waals surface area (Å²) in [6, 6.07) is 0. The van der Waals surface area contributed by atoms with Gasteiger partial charge in [-0.25, -0.2) is 0 Å². The number of carbonyl (C=O) groups is 1. The second kappa shape index (κ2) is 5.18. The van der Waals surface area contributed by atoms with Gasteiger partial charge in [-0.1, -0.05) is 0 Å². The fourth-order valence-electron chi connectivity index (χ4n) is 2.05. The summed E-state index contributed by atoms with van der Waals surface area (Å²) in [6.07, 6.45) is 5.32. The van der Waals surface area contributed by atoms with E-state index in [1.54, 1.807) is 24.2 Å². The first-order valence-corrected chi connectivity index (χ1v) is 5.77. The van der Waals surface area contributed by atoms with Crippen molar-refractivity contribution >= 4 is 11.6 Å². The quantitative estimate of drug-likeness (QED) is 0.810. The standard InChI is InChI=1S/C11H18N4O2/c1-17-10-2-4-14(5-3-10)11(16)8-15-7-9(12)6-13-15/h6-7,10H,2-5,8,12H2,1H3. The Hall–Kier alpha value is -1.56. The number of nitrogens with two attached hydrogens (primary N) is 1. The minimum absolute atomic E-state index is 0.0858. The van der Waals surface area contributed by atoms with Gasteiger partial charge in [0.05, 0.1) is 18.0 Å². The predicted molar refractivity (Wildman–Crippen MR) is 63.3 cm³/mol. The molecule has 0 spiro atoms. The first-order chi connectivity index (χ1) is 8.19. The summed E-state index contributed by atoms with van der Waals surface area (Å²) < 4.78 is 6.84. The molecule has 1 amide bonds. The normalized spacial score (nSPS) is 17.4. The summed E-state index contributed by atoms with van der Waals surface area (Å²) in [5.74, 6) is 0.0858. The van der Waals surface area contributed by atoms with Crippen molar-refractivity contribution in [2.45, 2.75) is 25.5 Å². The van der Waals surface area contributed by atoms with Crippen LogP contribution in [0.3, 0.4) is 0 Å². The van der Waals surface area contributed by atoms with Gasteiger partial charge in [-0.2, -0.15) is 5.10 Å². The van der Waals surface area contributed by atoms with Crippen LogP contribution in [-0.4, -0.2) is 46.9 Å². The number of hydrogen-bond acceptors (Lipinski definition) is 4. The van der Waals surface area contributed by atoms with Crippen LogP contribution in [0.4, 0.5) is 5.69 Å². The van der Waals surface area contributed by atoms with Gasteiger partial charge in [0.1, 0.15) is 6.54 Å². The Bertz CT molecular complexity index is 383. The van der Waals surface area contributed by atoms with Crippen LogP contribution >= 0.6 is 0 Å². The molecule has 0 bridgehead atoms. The zero-order valence-corrected chi connectivity index (χ0v) is 10.0. The molecule has 1 fully saturated rings. The van der Waals surface area contributed by atoms with E-state index in [2.05, 4.69) is 5.10 Å². The number of hydrogen-bond donors (Lipinski definition) is 1. The molecule has 2 heterocycles. The number of nitrogen functional groups attached to an aromatic ring is 1. The maximum absolute atomic E-state index is 12.0. The third-order valence-electron chi connectivity index (χ3n) is 3.08. The fraction of sp³-hybridized carbons (Fsp3) is 0.636. The molecule has 0 aliphatic carbocycles. The third-order valence-corrected chi connectivity index (χ3v) is 3.08. The Kier molecular flexibility index (Phi) is 3.63. The SMILES string of the molecule is COC1CCN(C(=O)Cn2cc(N)cn2)CC1. The van der Waals surface area contributed by atoms with Gasteiger partial charge in [-0.05, 0) is 12.8 Å². The maximum atomic E-state index is 12.0. The molecule has 1 aromatic heterocycles. The molecule has 0 atom stereocenters. The highest BCUT2D eigenvalue weighted by Gasteiger charge is 2.22. The average Bonchev–Trinajstić information content (AvgIpc) is 2.75. The Balaban J connectivity index is 1.85. The zero-order valence-electron chi connectivity index (χ0n) is 10.0. The topological polar surface area (TPSA) is 73.4 Å². The largest absolute Gasteiger partial charge is 0.396 e. The Labute approximate surface area is 100 Å². The van der Waals surface area contributed by atoms with Crippen molar-refractivity contribution < 1.29 is 9.53 Å². The van der Waals surface area contributed by atoms with Gasteiger partial charge in [0.25, 0.3) is 0 Å². The van der Waals surface area contributed by atoms with E-state index in [9.17, 15) is 4.79 Å². The van der Waals surface area contributed by atoms with Gasteiger partial charge in [0.15, 0.2) is 0 Å². The van der Waals surface area contributed by atoms with Gasteiger partial charge in [0.2, 0.25) is 5.91 Å². The van der Waals surface area contributed by atoms with Crippen LogP contribution in [0, 0.1) is 0 Å². The Morgan fingerprint density at radius 3 is 2.82 bits per heavy atom. The van der Waals surface area contributed by atoms with E-state index in [0.717, 1.165) is 25.9 Å². The Morgan fingerprint density at radius 1 is 1.59 bits per heavy atom. The van der Waals surface area contributed by atoms with E-state index in [-0.39, 0.29) is 12.5 Å². The molecular formula is C11H18N4O2. The van der Waals surface area contributed by atoms with Gasteiger partial charge < -0.3 is 15.4 Å². The van der Waals surface area contributed by atoms with Crippen molar-refractivity contribution in [1.82, 2.24) is 14.7 Å². The van der Waals surface area contributed by atoms with Crippen LogP contribution < -0.4 is 5.73 Å². The van der Waals surface area contributed by atoms with Crippen molar-refractivity contribution in [3.63, 3.8) is 0 Å². The average molecular weight is 238 g/mol. The number of likely N-dealkylation sites (tertiary alicyclic amines) is 1. The lowest BCUT2D eigenvalue weighted by Crippen LogP contribution is -2.42. The molecule has 94 valence electrons. The van der Waals surface area contributed by atoms with Gasteiger partial charge in [0, 0.05) is 26.4 Å². The lowest BCUT2D eigenvalue weighted by atomic mass is 10.1. The second-order valence-corrected chi connectivity index (χ2v) is 4.29. The Morgan fingerprint density at radius 2 is 2.29 bits per heavy atom. The molecule has 1 aromatic rings. The summed E-state index contributed by atoms with van der Waals surface area (Å²) in [7, 11) is 1.72. The minimum Gasteiger partial charge on any atom is -0.396 e. The molecular weight excluding hydrogens is 220 g/mol. The molecule has 1 aliphatic heterocycles. The zero-order chi connectivity index (χ0) is 12.3. The van der Waals surface area contributed by atoms with Crippen molar-refractivity contribution in [2.24, 2.45) is 0 Å². The summed E-state index contributed by atoms with van der Waals surface area (Å²) in [4.78, 5) is 13.8. The van der Waals surface area contributed by atoms with E-state index in [1.165, 1.54) is 0 Å². The fourth-order valence-corrected chi connectivity index (χ4v) is 2.05. The van der Waals surface area contributed by atoms with E-state index in [1.807, 2.05) is 4.90 Å². The third kappa shape index (κ3) is 2.97. The van der Waals surface area contributed by atoms with Crippen LogP contribution in [0.1, 0.15) is 12.8 Å². The van der Waals surface area contributed by atoms with Crippen molar-refractivity contribution in [1.29, 1.82) is 0 Å². The second-order valence-electron chi connectivity index (χ2n) is 4.29. The highest BCUT2D eigenvalue weighted by Crippen LogP contribution is 2.13. The van der Waals surface area contributed by atoms with Gasteiger partial charge >= 0.3 is 0 Å². The molecule has 1 saturated heterocycles. The molecule has 0 aromatic carbocycles. The number of piperidine rings is 1. The number of methoxy groups -OCH3 is 1. The highest BCUT2D eigenvalue weighted by molar-refractivity contribution is 5.76. The molecule has 2 rings (SSSR count). The van der Waals surface area contributed by atoms with Gasteiger partial charge in [-0.15, -0.1) is 0 Å². The summed E-state index contributed by atoms with van der Waals surface area (Å²) in [5, 5.41) is 4.00. The van der Waals surface area contributed by atoms with Crippen LogP contribution in [-0.2, 0) is 16.1 Å². The molecule has 0 radical (unpaired) electrons. The van der Waals surface area contributed by atoms with Crippen LogP contribution in [0.5, 0.6) is 0 Å². The van der Waals surface area contributed by atoms with Crippen LogP contribution in [0.15, 0.2) is 12.4 Å². The number of anilines is 1.